The third-order valence-electron chi connectivity index (χ3n) is 5.14. The number of hydrogen-bond acceptors (Lipinski definition) is 6. The minimum absolute atomic E-state index is 0.0596. The Labute approximate surface area is 167 Å². The van der Waals surface area contributed by atoms with Crippen LogP contribution in [0, 0.1) is 0 Å². The monoisotopic (exact) mass is 382 g/mol. The van der Waals surface area contributed by atoms with Gasteiger partial charge in [-0.15, -0.1) is 0 Å². The lowest BCUT2D eigenvalue weighted by Crippen LogP contribution is -2.47. The van der Waals surface area contributed by atoms with Gasteiger partial charge in [0.05, 0.1) is 0 Å². The summed E-state index contributed by atoms with van der Waals surface area (Å²) in [5.74, 6) is 0.845. The molecular formula is C21H30N6O. The molecule has 0 bridgehead atoms. The summed E-state index contributed by atoms with van der Waals surface area (Å²) in [4.78, 5) is 27.7. The van der Waals surface area contributed by atoms with Crippen LogP contribution < -0.4 is 15.1 Å². The average Bonchev–Trinajstić information content (AvgIpc) is 2.75. The summed E-state index contributed by atoms with van der Waals surface area (Å²) in [5.41, 5.74) is 2.04. The largest absolute Gasteiger partial charge is 0.372 e. The Kier molecular flexibility index (Phi) is 7.19. The van der Waals surface area contributed by atoms with Gasteiger partial charge in [0.15, 0.2) is 0 Å². The Balaban J connectivity index is 1.40. The standard InChI is InChI=1S/C21H30N6O/c1-3-26(4-2)19-8-6-18(7-9-19)24-20(28)10-13-25-14-16-27(17-15-25)21-22-11-5-12-23-21/h5-9,11-12H,3-4,10,13-17H2,1-2H3,(H,24,28). The molecule has 1 aromatic carbocycles. The van der Waals surface area contributed by atoms with E-state index in [-0.39, 0.29) is 5.91 Å². The van der Waals surface area contributed by atoms with E-state index in [2.05, 4.69) is 56.0 Å². The van der Waals surface area contributed by atoms with Crippen LogP contribution in [0.1, 0.15) is 20.3 Å². The number of nitrogens with one attached hydrogen (secondary N) is 1. The molecule has 0 spiro atoms. The molecular weight excluding hydrogens is 352 g/mol. The number of carbonyl (C=O) groups excluding carboxylic acids is 1. The van der Waals surface area contributed by atoms with E-state index in [9.17, 15) is 4.79 Å². The van der Waals surface area contributed by atoms with E-state index in [1.54, 1.807) is 12.4 Å². The van der Waals surface area contributed by atoms with Crippen molar-refractivity contribution in [3.8, 4) is 0 Å². The molecule has 1 amide bonds. The number of amides is 1. The van der Waals surface area contributed by atoms with Crippen LogP contribution in [0.25, 0.3) is 0 Å². The molecule has 0 atom stereocenters. The number of rotatable bonds is 8. The van der Waals surface area contributed by atoms with Gasteiger partial charge in [-0.3, -0.25) is 9.69 Å². The molecule has 1 aliphatic heterocycles. The zero-order chi connectivity index (χ0) is 19.8. The molecule has 1 saturated heterocycles. The third kappa shape index (κ3) is 5.42. The maximum Gasteiger partial charge on any atom is 0.225 e. The molecule has 0 saturated carbocycles. The SMILES string of the molecule is CCN(CC)c1ccc(NC(=O)CCN2CCN(c3ncccn3)CC2)cc1. The molecule has 3 rings (SSSR count). The Morgan fingerprint density at radius 2 is 1.68 bits per heavy atom. The van der Waals surface area contributed by atoms with E-state index in [4.69, 9.17) is 0 Å². The summed E-state index contributed by atoms with van der Waals surface area (Å²) < 4.78 is 0. The van der Waals surface area contributed by atoms with Crippen LogP contribution in [0.4, 0.5) is 17.3 Å². The predicted octanol–water partition coefficient (Wildman–Crippen LogP) is 2.47. The zero-order valence-electron chi connectivity index (χ0n) is 16.8. The minimum atomic E-state index is 0.0596. The summed E-state index contributed by atoms with van der Waals surface area (Å²) in [5, 5.41) is 3.00. The van der Waals surface area contributed by atoms with Gasteiger partial charge >= 0.3 is 0 Å². The van der Waals surface area contributed by atoms with Gasteiger partial charge < -0.3 is 15.1 Å². The number of anilines is 3. The minimum Gasteiger partial charge on any atom is -0.372 e. The first kappa shape index (κ1) is 20.1. The topological polar surface area (TPSA) is 64.6 Å². The first-order chi connectivity index (χ1) is 13.7. The normalized spacial score (nSPS) is 14.7. The van der Waals surface area contributed by atoms with Gasteiger partial charge in [0.2, 0.25) is 11.9 Å². The summed E-state index contributed by atoms with van der Waals surface area (Å²) in [6.07, 6.45) is 4.04. The van der Waals surface area contributed by atoms with E-state index >= 15 is 0 Å². The zero-order valence-corrected chi connectivity index (χ0v) is 16.8. The van der Waals surface area contributed by atoms with E-state index in [1.165, 1.54) is 5.69 Å². The molecule has 7 nitrogen and oxygen atoms in total. The van der Waals surface area contributed by atoms with Crippen molar-refractivity contribution in [3.05, 3.63) is 42.7 Å². The number of nitrogens with zero attached hydrogens (tertiary/aromatic N) is 5. The van der Waals surface area contributed by atoms with Crippen LogP contribution in [0.5, 0.6) is 0 Å². The number of aromatic nitrogens is 2. The van der Waals surface area contributed by atoms with E-state index in [0.717, 1.165) is 57.4 Å². The van der Waals surface area contributed by atoms with Gasteiger partial charge in [0.25, 0.3) is 0 Å². The van der Waals surface area contributed by atoms with Gasteiger partial charge in [0, 0.05) is 76.0 Å². The highest BCUT2D eigenvalue weighted by molar-refractivity contribution is 5.91. The molecule has 1 aliphatic rings. The Bertz CT molecular complexity index is 724. The second-order valence-electron chi connectivity index (χ2n) is 6.89. The maximum atomic E-state index is 12.3. The van der Waals surface area contributed by atoms with Crippen LogP contribution in [0.15, 0.2) is 42.7 Å². The number of carbonyl (C=O) groups is 1. The summed E-state index contributed by atoms with van der Waals surface area (Å²) in [7, 11) is 0. The van der Waals surface area contributed by atoms with E-state index in [0.29, 0.717) is 6.42 Å². The molecule has 2 heterocycles. The Morgan fingerprint density at radius 1 is 1.04 bits per heavy atom. The van der Waals surface area contributed by atoms with Gasteiger partial charge in [-0.2, -0.15) is 0 Å². The fourth-order valence-corrected chi connectivity index (χ4v) is 3.45. The fraction of sp³-hybridized carbons (Fsp3) is 0.476. The summed E-state index contributed by atoms with van der Waals surface area (Å²) >= 11 is 0. The molecule has 150 valence electrons. The Morgan fingerprint density at radius 3 is 2.29 bits per heavy atom. The fourth-order valence-electron chi connectivity index (χ4n) is 3.45. The van der Waals surface area contributed by atoms with Crippen molar-refractivity contribution < 1.29 is 4.79 Å². The Hall–Kier alpha value is -2.67. The predicted molar refractivity (Wildman–Crippen MR) is 114 cm³/mol. The lowest BCUT2D eigenvalue weighted by Gasteiger charge is -2.34. The first-order valence-corrected chi connectivity index (χ1v) is 10.1. The highest BCUT2D eigenvalue weighted by Gasteiger charge is 2.19. The molecule has 1 N–H and O–H groups in total. The van der Waals surface area contributed by atoms with Gasteiger partial charge in [0.1, 0.15) is 0 Å². The van der Waals surface area contributed by atoms with Gasteiger partial charge in [-0.05, 0) is 44.2 Å². The molecule has 1 fully saturated rings. The number of benzene rings is 1. The molecule has 0 unspecified atom stereocenters. The second kappa shape index (κ2) is 10.0. The molecule has 1 aromatic heterocycles. The molecule has 0 radical (unpaired) electrons. The van der Waals surface area contributed by atoms with Crippen molar-refractivity contribution in [1.82, 2.24) is 14.9 Å². The quantitative estimate of drug-likeness (QED) is 0.757. The highest BCUT2D eigenvalue weighted by Crippen LogP contribution is 2.18. The summed E-state index contributed by atoms with van der Waals surface area (Å²) in [6.45, 7) is 10.6. The average molecular weight is 383 g/mol. The lowest BCUT2D eigenvalue weighted by atomic mass is 10.2. The van der Waals surface area contributed by atoms with Crippen LogP contribution in [0.2, 0.25) is 0 Å². The van der Waals surface area contributed by atoms with E-state index in [1.807, 2.05) is 18.2 Å². The van der Waals surface area contributed by atoms with Gasteiger partial charge in [-0.25, -0.2) is 9.97 Å². The van der Waals surface area contributed by atoms with Crippen LogP contribution >= 0.6 is 0 Å². The van der Waals surface area contributed by atoms with Crippen molar-refractivity contribution in [2.45, 2.75) is 20.3 Å². The maximum absolute atomic E-state index is 12.3. The van der Waals surface area contributed by atoms with Crippen molar-refractivity contribution in [2.75, 3.05) is 60.9 Å². The molecule has 0 aliphatic carbocycles. The van der Waals surface area contributed by atoms with Crippen LogP contribution in [-0.2, 0) is 4.79 Å². The summed E-state index contributed by atoms with van der Waals surface area (Å²) in [6, 6.07) is 9.91. The van der Waals surface area contributed by atoms with Crippen LogP contribution in [-0.4, -0.2) is 66.6 Å². The van der Waals surface area contributed by atoms with Crippen LogP contribution in [0.3, 0.4) is 0 Å². The van der Waals surface area contributed by atoms with Crippen molar-refractivity contribution in [3.63, 3.8) is 0 Å². The molecule has 2 aromatic rings. The second-order valence-corrected chi connectivity index (χ2v) is 6.89. The van der Waals surface area contributed by atoms with E-state index < -0.39 is 0 Å². The van der Waals surface area contributed by atoms with Gasteiger partial charge in [-0.1, -0.05) is 0 Å². The lowest BCUT2D eigenvalue weighted by molar-refractivity contribution is -0.116. The highest BCUT2D eigenvalue weighted by atomic mass is 16.1. The van der Waals surface area contributed by atoms with Crippen molar-refractivity contribution in [2.24, 2.45) is 0 Å². The smallest absolute Gasteiger partial charge is 0.225 e. The number of hydrogen-bond donors (Lipinski definition) is 1. The molecule has 7 heteroatoms. The first-order valence-electron chi connectivity index (χ1n) is 10.1. The molecule has 28 heavy (non-hydrogen) atoms. The van der Waals surface area contributed by atoms with Crippen molar-refractivity contribution in [1.29, 1.82) is 0 Å². The van der Waals surface area contributed by atoms with Crippen molar-refractivity contribution >= 4 is 23.2 Å². The number of piperazine rings is 1. The third-order valence-corrected chi connectivity index (χ3v) is 5.14.